The minimum Gasteiger partial charge on any atom is -0.465 e. The SMILES string of the molecule is C=CCC[C@@]1(C)C=CC(=O)C(C(=O)OC)=C1. The molecule has 0 amide bonds. The average molecular weight is 220 g/mol. The fraction of sp³-hybridized carbons (Fsp3) is 0.385. The second-order valence-corrected chi connectivity index (χ2v) is 4.08. The zero-order chi connectivity index (χ0) is 12.2. The van der Waals surface area contributed by atoms with Crippen LogP contribution in [0.4, 0.5) is 0 Å². The molecule has 86 valence electrons. The van der Waals surface area contributed by atoms with E-state index in [0.717, 1.165) is 12.8 Å². The van der Waals surface area contributed by atoms with Crippen molar-refractivity contribution in [3.63, 3.8) is 0 Å². The topological polar surface area (TPSA) is 43.4 Å². The number of carbonyl (C=O) groups is 2. The molecule has 0 saturated carbocycles. The highest BCUT2D eigenvalue weighted by atomic mass is 16.5. The van der Waals surface area contributed by atoms with E-state index in [9.17, 15) is 9.59 Å². The number of ketones is 1. The predicted octanol–water partition coefficient (Wildman–Crippen LogP) is 2.20. The Bertz CT molecular complexity index is 377. The molecule has 0 heterocycles. The van der Waals surface area contributed by atoms with Crippen LogP contribution in [0.25, 0.3) is 0 Å². The molecule has 1 aliphatic carbocycles. The maximum atomic E-state index is 11.5. The summed E-state index contributed by atoms with van der Waals surface area (Å²) in [5.41, 5.74) is -0.150. The third kappa shape index (κ3) is 2.69. The molecule has 0 aromatic carbocycles. The maximum absolute atomic E-state index is 11.5. The average Bonchev–Trinajstić information content (AvgIpc) is 2.29. The number of hydrogen-bond donors (Lipinski definition) is 0. The van der Waals surface area contributed by atoms with Crippen molar-refractivity contribution in [2.45, 2.75) is 19.8 Å². The van der Waals surface area contributed by atoms with Crippen molar-refractivity contribution >= 4 is 11.8 Å². The van der Waals surface area contributed by atoms with Gasteiger partial charge in [-0.3, -0.25) is 4.79 Å². The molecule has 1 atom stereocenters. The Balaban J connectivity index is 2.94. The summed E-state index contributed by atoms with van der Waals surface area (Å²) in [5.74, 6) is -0.859. The first-order valence-corrected chi connectivity index (χ1v) is 5.18. The van der Waals surface area contributed by atoms with Gasteiger partial charge >= 0.3 is 5.97 Å². The van der Waals surface area contributed by atoms with E-state index >= 15 is 0 Å². The highest BCUT2D eigenvalue weighted by Crippen LogP contribution is 2.32. The summed E-state index contributed by atoms with van der Waals surface area (Å²) in [4.78, 5) is 22.9. The first kappa shape index (κ1) is 12.4. The summed E-state index contributed by atoms with van der Waals surface area (Å²) in [6, 6.07) is 0. The van der Waals surface area contributed by atoms with Gasteiger partial charge in [0.1, 0.15) is 5.57 Å². The molecule has 1 rings (SSSR count). The molecule has 0 spiro atoms. The summed E-state index contributed by atoms with van der Waals surface area (Å²) in [6.07, 6.45) is 8.42. The van der Waals surface area contributed by atoms with E-state index in [-0.39, 0.29) is 16.8 Å². The van der Waals surface area contributed by atoms with Crippen molar-refractivity contribution in [1.82, 2.24) is 0 Å². The number of rotatable bonds is 4. The highest BCUT2D eigenvalue weighted by molar-refractivity contribution is 6.22. The fourth-order valence-corrected chi connectivity index (χ4v) is 1.64. The number of esters is 1. The molecule has 16 heavy (non-hydrogen) atoms. The van der Waals surface area contributed by atoms with Crippen LogP contribution >= 0.6 is 0 Å². The zero-order valence-corrected chi connectivity index (χ0v) is 9.66. The van der Waals surface area contributed by atoms with Gasteiger partial charge in [0, 0.05) is 5.41 Å². The van der Waals surface area contributed by atoms with E-state index in [4.69, 9.17) is 0 Å². The number of methoxy groups -OCH3 is 1. The van der Waals surface area contributed by atoms with Crippen LogP contribution in [-0.4, -0.2) is 18.9 Å². The monoisotopic (exact) mass is 220 g/mol. The highest BCUT2D eigenvalue weighted by Gasteiger charge is 2.28. The van der Waals surface area contributed by atoms with Crippen LogP contribution in [0.5, 0.6) is 0 Å². The van der Waals surface area contributed by atoms with E-state index in [1.54, 1.807) is 6.08 Å². The standard InChI is InChI=1S/C13H16O3/c1-4-5-7-13(2)8-6-11(14)10(9-13)12(15)16-3/h4,6,8-9H,1,5,7H2,2-3H3/t13-/m0/s1. The van der Waals surface area contributed by atoms with Gasteiger partial charge in [-0.05, 0) is 18.9 Å². The molecule has 0 fully saturated rings. The van der Waals surface area contributed by atoms with Gasteiger partial charge in [-0.2, -0.15) is 0 Å². The molecular weight excluding hydrogens is 204 g/mol. The first-order chi connectivity index (χ1) is 7.52. The third-order valence-corrected chi connectivity index (χ3v) is 2.65. The van der Waals surface area contributed by atoms with Crippen molar-refractivity contribution < 1.29 is 14.3 Å². The lowest BCUT2D eigenvalue weighted by molar-refractivity contribution is -0.137. The Morgan fingerprint density at radius 2 is 2.31 bits per heavy atom. The van der Waals surface area contributed by atoms with E-state index in [1.165, 1.54) is 13.2 Å². The Kier molecular flexibility index (Phi) is 3.82. The smallest absolute Gasteiger partial charge is 0.341 e. The van der Waals surface area contributed by atoms with E-state index in [0.29, 0.717) is 0 Å². The van der Waals surface area contributed by atoms with E-state index in [1.807, 2.05) is 19.1 Å². The second-order valence-electron chi connectivity index (χ2n) is 4.08. The van der Waals surface area contributed by atoms with Gasteiger partial charge in [-0.15, -0.1) is 6.58 Å². The Hall–Kier alpha value is -1.64. The quantitative estimate of drug-likeness (QED) is 0.414. The molecule has 0 aromatic rings. The van der Waals surface area contributed by atoms with E-state index < -0.39 is 5.97 Å². The van der Waals surface area contributed by atoms with Gasteiger partial charge in [-0.1, -0.05) is 25.2 Å². The fourth-order valence-electron chi connectivity index (χ4n) is 1.64. The van der Waals surface area contributed by atoms with Gasteiger partial charge in [0.2, 0.25) is 0 Å². The lowest BCUT2D eigenvalue weighted by Crippen LogP contribution is -2.22. The predicted molar refractivity (Wildman–Crippen MR) is 61.8 cm³/mol. The molecule has 0 unspecified atom stereocenters. The van der Waals surface area contributed by atoms with Crippen LogP contribution in [-0.2, 0) is 14.3 Å². The van der Waals surface area contributed by atoms with Gasteiger partial charge in [0.25, 0.3) is 0 Å². The van der Waals surface area contributed by atoms with Crippen LogP contribution in [0, 0.1) is 5.41 Å². The van der Waals surface area contributed by atoms with Crippen LogP contribution in [0.3, 0.4) is 0 Å². The maximum Gasteiger partial charge on any atom is 0.341 e. The normalized spacial score (nSPS) is 23.9. The van der Waals surface area contributed by atoms with Gasteiger partial charge in [0.15, 0.2) is 5.78 Å². The second kappa shape index (κ2) is 4.92. The minimum atomic E-state index is -0.570. The number of hydrogen-bond acceptors (Lipinski definition) is 3. The lowest BCUT2D eigenvalue weighted by atomic mass is 9.79. The number of allylic oxidation sites excluding steroid dienone is 4. The summed E-state index contributed by atoms with van der Waals surface area (Å²) in [5, 5.41) is 0. The molecule has 3 nitrogen and oxygen atoms in total. The van der Waals surface area contributed by atoms with Crippen LogP contribution in [0.1, 0.15) is 19.8 Å². The summed E-state index contributed by atoms with van der Waals surface area (Å²) < 4.78 is 4.58. The summed E-state index contributed by atoms with van der Waals surface area (Å²) in [7, 11) is 1.27. The first-order valence-electron chi connectivity index (χ1n) is 5.18. The van der Waals surface area contributed by atoms with Gasteiger partial charge in [0.05, 0.1) is 7.11 Å². The number of carbonyl (C=O) groups excluding carboxylic acids is 2. The molecule has 0 N–H and O–H groups in total. The minimum absolute atomic E-state index is 0.122. The largest absolute Gasteiger partial charge is 0.465 e. The molecule has 0 aliphatic heterocycles. The zero-order valence-electron chi connectivity index (χ0n) is 9.66. The molecule has 0 radical (unpaired) electrons. The van der Waals surface area contributed by atoms with Crippen molar-refractivity contribution in [2.24, 2.45) is 5.41 Å². The molecule has 0 aromatic heterocycles. The van der Waals surface area contributed by atoms with E-state index in [2.05, 4.69) is 11.3 Å². The molecule has 0 bridgehead atoms. The Morgan fingerprint density at radius 1 is 1.62 bits per heavy atom. The van der Waals surface area contributed by atoms with Gasteiger partial charge < -0.3 is 4.74 Å². The van der Waals surface area contributed by atoms with Crippen molar-refractivity contribution in [3.05, 3.63) is 36.5 Å². The Labute approximate surface area is 95.5 Å². The lowest BCUT2D eigenvalue weighted by Gasteiger charge is -2.25. The van der Waals surface area contributed by atoms with Crippen molar-refractivity contribution in [2.75, 3.05) is 7.11 Å². The van der Waals surface area contributed by atoms with Crippen LogP contribution in [0.15, 0.2) is 36.5 Å². The Morgan fingerprint density at radius 3 is 2.88 bits per heavy atom. The molecule has 3 heteroatoms. The molecule has 1 aliphatic rings. The molecule has 0 saturated heterocycles. The van der Waals surface area contributed by atoms with Crippen molar-refractivity contribution in [3.8, 4) is 0 Å². The number of ether oxygens (including phenoxy) is 1. The van der Waals surface area contributed by atoms with Crippen molar-refractivity contribution in [1.29, 1.82) is 0 Å². The van der Waals surface area contributed by atoms with Crippen LogP contribution < -0.4 is 0 Å². The third-order valence-electron chi connectivity index (χ3n) is 2.65. The summed E-state index contributed by atoms with van der Waals surface area (Å²) >= 11 is 0. The molecular formula is C13H16O3. The van der Waals surface area contributed by atoms with Gasteiger partial charge in [-0.25, -0.2) is 4.79 Å². The van der Waals surface area contributed by atoms with Crippen LogP contribution in [0.2, 0.25) is 0 Å². The summed E-state index contributed by atoms with van der Waals surface area (Å²) in [6.45, 7) is 5.63.